The molecule has 2 aromatic rings. The van der Waals surface area contributed by atoms with E-state index in [1.165, 1.54) is 0 Å². The van der Waals surface area contributed by atoms with Gasteiger partial charge < -0.3 is 15.2 Å². The molecule has 0 spiro atoms. The molecule has 0 atom stereocenters. The van der Waals surface area contributed by atoms with Gasteiger partial charge in [-0.05, 0) is 36.8 Å². The van der Waals surface area contributed by atoms with Crippen molar-refractivity contribution in [2.24, 2.45) is 0 Å². The highest BCUT2D eigenvalue weighted by Crippen LogP contribution is 2.20. The molecule has 0 amide bonds. The van der Waals surface area contributed by atoms with Crippen LogP contribution in [0.3, 0.4) is 0 Å². The minimum Gasteiger partial charge on any atom is -0.494 e. The molecular weight excluding hydrogens is 238 g/mol. The molecule has 0 saturated carbocycles. The summed E-state index contributed by atoms with van der Waals surface area (Å²) in [4.78, 5) is 0. The van der Waals surface area contributed by atoms with E-state index in [9.17, 15) is 0 Å². The molecule has 0 aliphatic rings. The lowest BCUT2D eigenvalue weighted by molar-refractivity contribution is 0.302. The van der Waals surface area contributed by atoms with Crippen LogP contribution >= 0.6 is 0 Å². The van der Waals surface area contributed by atoms with E-state index in [0.29, 0.717) is 6.61 Å². The third kappa shape index (κ3) is 3.91. The van der Waals surface area contributed by atoms with Crippen molar-refractivity contribution in [3.63, 3.8) is 0 Å². The number of hydrogen-bond acceptors (Lipinski definition) is 3. The Kier molecular flexibility index (Phi) is 4.67. The predicted octanol–water partition coefficient (Wildman–Crippen LogP) is 3.64. The topological polar surface area (TPSA) is 44.5 Å². The molecule has 3 nitrogen and oxygen atoms in total. The number of benzene rings is 2. The average Bonchev–Trinajstić information content (AvgIpc) is 2.45. The van der Waals surface area contributed by atoms with Gasteiger partial charge in [-0.2, -0.15) is 0 Å². The maximum atomic E-state index is 5.86. The van der Waals surface area contributed by atoms with Crippen LogP contribution < -0.4 is 15.2 Å². The first kappa shape index (κ1) is 13.3. The molecule has 0 bridgehead atoms. The normalized spacial score (nSPS) is 10.2. The Bertz CT molecular complexity index is 508. The van der Waals surface area contributed by atoms with Crippen molar-refractivity contribution in [1.82, 2.24) is 0 Å². The molecule has 100 valence electrons. The zero-order valence-electron chi connectivity index (χ0n) is 11.1. The fraction of sp³-hybridized carbons (Fsp3) is 0.250. The zero-order chi connectivity index (χ0) is 13.5. The van der Waals surface area contributed by atoms with Gasteiger partial charge in [0.25, 0.3) is 0 Å². The highest BCUT2D eigenvalue weighted by Gasteiger charge is 2.00. The van der Waals surface area contributed by atoms with E-state index < -0.39 is 0 Å². The highest BCUT2D eigenvalue weighted by molar-refractivity contribution is 5.46. The van der Waals surface area contributed by atoms with Gasteiger partial charge in [-0.15, -0.1) is 0 Å². The monoisotopic (exact) mass is 257 g/mol. The molecule has 0 unspecified atom stereocenters. The summed E-state index contributed by atoms with van der Waals surface area (Å²) in [7, 11) is 0. The van der Waals surface area contributed by atoms with Gasteiger partial charge >= 0.3 is 0 Å². The molecule has 0 aliphatic heterocycles. The minimum absolute atomic E-state index is 0.474. The maximum Gasteiger partial charge on any atom is 0.120 e. The quantitative estimate of drug-likeness (QED) is 0.803. The molecule has 2 aromatic carbocycles. The fourth-order valence-corrected chi connectivity index (χ4v) is 1.68. The van der Waals surface area contributed by atoms with Crippen LogP contribution in [0.25, 0.3) is 0 Å². The number of para-hydroxylation sites is 1. The Labute approximate surface area is 114 Å². The predicted molar refractivity (Wildman–Crippen MR) is 77.4 cm³/mol. The molecule has 0 aromatic heterocycles. The van der Waals surface area contributed by atoms with Crippen LogP contribution in [0.1, 0.15) is 18.9 Å². The second-order valence-corrected chi connectivity index (χ2v) is 4.31. The van der Waals surface area contributed by atoms with Gasteiger partial charge in [0.15, 0.2) is 0 Å². The van der Waals surface area contributed by atoms with Gasteiger partial charge in [-0.1, -0.05) is 25.1 Å². The van der Waals surface area contributed by atoms with Crippen molar-refractivity contribution >= 4 is 5.69 Å². The van der Waals surface area contributed by atoms with Crippen molar-refractivity contribution in [3.8, 4) is 11.5 Å². The molecular formula is C16H19NO2. The van der Waals surface area contributed by atoms with Crippen LogP contribution in [0, 0.1) is 0 Å². The van der Waals surface area contributed by atoms with Gasteiger partial charge in [0.1, 0.15) is 18.1 Å². The zero-order valence-corrected chi connectivity index (χ0v) is 11.1. The molecule has 3 heteroatoms. The molecule has 0 heterocycles. The minimum atomic E-state index is 0.474. The van der Waals surface area contributed by atoms with Gasteiger partial charge in [-0.25, -0.2) is 0 Å². The molecule has 19 heavy (non-hydrogen) atoms. The summed E-state index contributed by atoms with van der Waals surface area (Å²) in [5.74, 6) is 1.68. The standard InChI is InChI=1S/C16H19NO2/c1-2-11-18-14-7-9-15(10-8-14)19-12-13-5-3-4-6-16(13)17/h3-10H,2,11-12,17H2,1H3. The smallest absolute Gasteiger partial charge is 0.120 e. The number of hydrogen-bond donors (Lipinski definition) is 1. The van der Waals surface area contributed by atoms with Crippen molar-refractivity contribution in [1.29, 1.82) is 0 Å². The summed E-state index contributed by atoms with van der Waals surface area (Å²) in [6.45, 7) is 3.30. The van der Waals surface area contributed by atoms with Crippen LogP contribution in [0.4, 0.5) is 5.69 Å². The summed E-state index contributed by atoms with van der Waals surface area (Å²) < 4.78 is 11.2. The lowest BCUT2D eigenvalue weighted by Gasteiger charge is -2.09. The van der Waals surface area contributed by atoms with E-state index in [0.717, 1.165) is 35.8 Å². The third-order valence-corrected chi connectivity index (χ3v) is 2.75. The molecule has 2 N–H and O–H groups in total. The molecule has 0 fully saturated rings. The Morgan fingerprint density at radius 3 is 2.16 bits per heavy atom. The maximum absolute atomic E-state index is 5.86. The Morgan fingerprint density at radius 2 is 1.53 bits per heavy atom. The second kappa shape index (κ2) is 6.69. The molecule has 0 aliphatic carbocycles. The molecule has 2 rings (SSSR count). The average molecular weight is 257 g/mol. The van der Waals surface area contributed by atoms with Gasteiger partial charge in [0, 0.05) is 11.3 Å². The van der Waals surface area contributed by atoms with E-state index in [-0.39, 0.29) is 0 Å². The van der Waals surface area contributed by atoms with Gasteiger partial charge in [0.2, 0.25) is 0 Å². The van der Waals surface area contributed by atoms with Crippen molar-refractivity contribution < 1.29 is 9.47 Å². The van der Waals surface area contributed by atoms with Crippen molar-refractivity contribution in [2.45, 2.75) is 20.0 Å². The number of ether oxygens (including phenoxy) is 2. The van der Waals surface area contributed by atoms with E-state index in [1.54, 1.807) is 0 Å². The lowest BCUT2D eigenvalue weighted by atomic mass is 10.2. The van der Waals surface area contributed by atoms with E-state index in [4.69, 9.17) is 15.2 Å². The van der Waals surface area contributed by atoms with E-state index >= 15 is 0 Å². The fourth-order valence-electron chi connectivity index (χ4n) is 1.68. The van der Waals surface area contributed by atoms with E-state index in [1.807, 2.05) is 48.5 Å². The van der Waals surface area contributed by atoms with Crippen molar-refractivity contribution in [2.75, 3.05) is 12.3 Å². The van der Waals surface area contributed by atoms with E-state index in [2.05, 4.69) is 6.92 Å². The van der Waals surface area contributed by atoms with Crippen LogP contribution in [0.2, 0.25) is 0 Å². The van der Waals surface area contributed by atoms with Crippen LogP contribution in [0.15, 0.2) is 48.5 Å². The third-order valence-electron chi connectivity index (χ3n) is 2.75. The second-order valence-electron chi connectivity index (χ2n) is 4.31. The summed E-state index contributed by atoms with van der Waals surface area (Å²) >= 11 is 0. The largest absolute Gasteiger partial charge is 0.494 e. The number of nitrogen functional groups attached to an aromatic ring is 1. The summed E-state index contributed by atoms with van der Waals surface area (Å²) in [6, 6.07) is 15.4. The Balaban J connectivity index is 1.91. The number of anilines is 1. The van der Waals surface area contributed by atoms with Crippen LogP contribution in [0.5, 0.6) is 11.5 Å². The Morgan fingerprint density at radius 1 is 0.895 bits per heavy atom. The van der Waals surface area contributed by atoms with Gasteiger partial charge in [0.05, 0.1) is 6.61 Å². The SMILES string of the molecule is CCCOc1ccc(OCc2ccccc2N)cc1. The summed E-state index contributed by atoms with van der Waals surface area (Å²) in [6.07, 6.45) is 1.01. The number of nitrogens with two attached hydrogens (primary N) is 1. The number of rotatable bonds is 6. The lowest BCUT2D eigenvalue weighted by Crippen LogP contribution is -2.00. The highest BCUT2D eigenvalue weighted by atomic mass is 16.5. The Hall–Kier alpha value is -2.16. The summed E-state index contributed by atoms with van der Waals surface area (Å²) in [5.41, 5.74) is 7.61. The van der Waals surface area contributed by atoms with Crippen molar-refractivity contribution in [3.05, 3.63) is 54.1 Å². The van der Waals surface area contributed by atoms with Gasteiger partial charge in [-0.3, -0.25) is 0 Å². The first-order chi connectivity index (χ1) is 9.29. The first-order valence-electron chi connectivity index (χ1n) is 6.48. The first-order valence-corrected chi connectivity index (χ1v) is 6.48. The van der Waals surface area contributed by atoms with Crippen LogP contribution in [-0.4, -0.2) is 6.61 Å². The molecule has 0 radical (unpaired) electrons. The summed E-state index contributed by atoms with van der Waals surface area (Å²) in [5, 5.41) is 0. The molecule has 0 saturated heterocycles. The van der Waals surface area contributed by atoms with Crippen LogP contribution in [-0.2, 0) is 6.61 Å².